The van der Waals surface area contributed by atoms with Gasteiger partial charge in [0.2, 0.25) is 0 Å². The molecule has 1 atom stereocenters. The molecule has 1 aromatic carbocycles. The highest BCUT2D eigenvalue weighted by atomic mass is 16.5. The molecule has 0 amide bonds. The maximum atomic E-state index is 5.27. The van der Waals surface area contributed by atoms with Gasteiger partial charge < -0.3 is 4.74 Å². The molecule has 0 spiro atoms. The Bertz CT molecular complexity index is 400. The molecule has 1 unspecified atom stereocenters. The zero-order valence-corrected chi connectivity index (χ0v) is 12.1. The zero-order valence-electron chi connectivity index (χ0n) is 12.1. The molecule has 0 bridgehead atoms. The number of methoxy groups -OCH3 is 1. The van der Waals surface area contributed by atoms with Crippen LogP contribution in [0.1, 0.15) is 43.4 Å². The number of hydrogen-bond donors (Lipinski definition) is 0. The van der Waals surface area contributed by atoms with Crippen LogP contribution in [0.2, 0.25) is 0 Å². The Morgan fingerprint density at radius 1 is 1.22 bits per heavy atom. The van der Waals surface area contributed by atoms with Gasteiger partial charge in [-0.1, -0.05) is 32.0 Å². The quantitative estimate of drug-likeness (QED) is 0.810. The minimum atomic E-state index is 0.505. The molecule has 1 aliphatic rings. The lowest BCUT2D eigenvalue weighted by Gasteiger charge is -2.33. The fourth-order valence-corrected chi connectivity index (χ4v) is 2.68. The van der Waals surface area contributed by atoms with E-state index in [9.17, 15) is 0 Å². The highest BCUT2D eigenvalue weighted by molar-refractivity contribution is 5.35. The van der Waals surface area contributed by atoms with Crippen LogP contribution in [0.3, 0.4) is 0 Å². The Morgan fingerprint density at radius 3 is 2.67 bits per heavy atom. The topological polar surface area (TPSA) is 12.5 Å². The molecule has 0 N–H and O–H groups in total. The van der Waals surface area contributed by atoms with E-state index in [-0.39, 0.29) is 0 Å². The molecule has 1 heterocycles. The Morgan fingerprint density at radius 2 is 2.00 bits per heavy atom. The number of fused-ring (bicyclic) bond motifs is 1. The molecular formula is C16H25NO. The van der Waals surface area contributed by atoms with Crippen molar-refractivity contribution in [3.63, 3.8) is 0 Å². The number of hydrogen-bond acceptors (Lipinski definition) is 2. The third-order valence-electron chi connectivity index (χ3n) is 3.97. The molecule has 0 fully saturated rings. The molecule has 100 valence electrons. The number of rotatable bonds is 4. The lowest BCUT2D eigenvalue weighted by atomic mass is 9.93. The molecule has 1 aromatic rings. The predicted molar refractivity (Wildman–Crippen MR) is 76.0 cm³/mol. The van der Waals surface area contributed by atoms with E-state index in [1.54, 1.807) is 7.11 Å². The zero-order chi connectivity index (χ0) is 13.1. The number of benzene rings is 1. The maximum Gasteiger partial charge on any atom is 0.0615 e. The van der Waals surface area contributed by atoms with Crippen molar-refractivity contribution in [2.45, 2.75) is 45.7 Å². The third kappa shape index (κ3) is 2.93. The van der Waals surface area contributed by atoms with E-state index in [1.807, 2.05) is 0 Å². The first-order chi connectivity index (χ1) is 8.61. The van der Waals surface area contributed by atoms with Crippen LogP contribution in [0, 0.1) is 0 Å². The van der Waals surface area contributed by atoms with Crippen LogP contribution < -0.4 is 0 Å². The Balaban J connectivity index is 2.14. The summed E-state index contributed by atoms with van der Waals surface area (Å²) in [5.74, 6) is 0.613. The summed E-state index contributed by atoms with van der Waals surface area (Å²) in [5, 5.41) is 0. The lowest BCUT2D eigenvalue weighted by molar-refractivity contribution is 0.0909. The van der Waals surface area contributed by atoms with Gasteiger partial charge in [-0.15, -0.1) is 0 Å². The first-order valence-corrected chi connectivity index (χ1v) is 6.96. The van der Waals surface area contributed by atoms with Gasteiger partial charge in [0.05, 0.1) is 6.61 Å². The fraction of sp³-hybridized carbons (Fsp3) is 0.625. The van der Waals surface area contributed by atoms with Crippen LogP contribution in [0.5, 0.6) is 0 Å². The second kappa shape index (κ2) is 5.85. The molecule has 0 aromatic heterocycles. The summed E-state index contributed by atoms with van der Waals surface area (Å²) in [5.41, 5.74) is 4.49. The van der Waals surface area contributed by atoms with Crippen LogP contribution in [0.4, 0.5) is 0 Å². The summed E-state index contributed by atoms with van der Waals surface area (Å²) in [7, 11) is 1.78. The summed E-state index contributed by atoms with van der Waals surface area (Å²) in [4.78, 5) is 2.52. The smallest absolute Gasteiger partial charge is 0.0615 e. The van der Waals surface area contributed by atoms with Crippen molar-refractivity contribution in [1.82, 2.24) is 4.90 Å². The molecule has 0 aliphatic carbocycles. The van der Waals surface area contributed by atoms with Crippen molar-refractivity contribution < 1.29 is 4.74 Å². The van der Waals surface area contributed by atoms with Crippen LogP contribution in [0.15, 0.2) is 18.2 Å². The highest BCUT2D eigenvalue weighted by Gasteiger charge is 2.20. The van der Waals surface area contributed by atoms with E-state index in [2.05, 4.69) is 43.9 Å². The Labute approximate surface area is 111 Å². The predicted octanol–water partition coefficient (Wildman–Crippen LogP) is 3.20. The minimum Gasteiger partial charge on any atom is -0.383 e. The minimum absolute atomic E-state index is 0.505. The van der Waals surface area contributed by atoms with Crippen molar-refractivity contribution in [3.05, 3.63) is 34.9 Å². The first-order valence-electron chi connectivity index (χ1n) is 6.96. The highest BCUT2D eigenvalue weighted by Crippen LogP contribution is 2.25. The van der Waals surface area contributed by atoms with Gasteiger partial charge in [0.15, 0.2) is 0 Å². The summed E-state index contributed by atoms with van der Waals surface area (Å²) in [6.07, 6.45) is 1.17. The first kappa shape index (κ1) is 13.6. The van der Waals surface area contributed by atoms with E-state index < -0.39 is 0 Å². The monoisotopic (exact) mass is 247 g/mol. The van der Waals surface area contributed by atoms with Gasteiger partial charge in [-0.25, -0.2) is 0 Å². The largest absolute Gasteiger partial charge is 0.383 e. The normalized spacial score (nSPS) is 17.8. The van der Waals surface area contributed by atoms with Crippen molar-refractivity contribution in [3.8, 4) is 0 Å². The second-order valence-corrected chi connectivity index (χ2v) is 5.71. The van der Waals surface area contributed by atoms with E-state index >= 15 is 0 Å². The Hall–Kier alpha value is -0.860. The maximum absolute atomic E-state index is 5.27. The van der Waals surface area contributed by atoms with Gasteiger partial charge >= 0.3 is 0 Å². The molecule has 0 saturated heterocycles. The van der Waals surface area contributed by atoms with Gasteiger partial charge in [0, 0.05) is 26.2 Å². The van der Waals surface area contributed by atoms with Crippen molar-refractivity contribution >= 4 is 0 Å². The fourth-order valence-electron chi connectivity index (χ4n) is 2.68. The third-order valence-corrected chi connectivity index (χ3v) is 3.97. The summed E-state index contributed by atoms with van der Waals surface area (Å²) in [6.45, 7) is 9.81. The molecule has 2 rings (SSSR count). The van der Waals surface area contributed by atoms with Gasteiger partial charge in [-0.3, -0.25) is 4.90 Å². The van der Waals surface area contributed by atoms with Crippen LogP contribution in [-0.4, -0.2) is 31.2 Å². The summed E-state index contributed by atoms with van der Waals surface area (Å²) >= 11 is 0. The van der Waals surface area contributed by atoms with Crippen molar-refractivity contribution in [1.29, 1.82) is 0 Å². The summed E-state index contributed by atoms with van der Waals surface area (Å²) in [6, 6.07) is 7.51. The average molecular weight is 247 g/mol. The standard InChI is InChI=1S/C16H25NO/c1-12(2)15-6-5-14-7-8-17(10-16(14)9-15)13(3)11-18-4/h5-6,9,12-13H,7-8,10-11H2,1-4H3. The molecule has 0 saturated carbocycles. The van der Waals surface area contributed by atoms with Gasteiger partial charge in [-0.2, -0.15) is 0 Å². The van der Waals surface area contributed by atoms with Gasteiger partial charge in [-0.05, 0) is 36.0 Å². The van der Waals surface area contributed by atoms with Crippen LogP contribution in [0.25, 0.3) is 0 Å². The van der Waals surface area contributed by atoms with Crippen molar-refractivity contribution in [2.24, 2.45) is 0 Å². The van der Waals surface area contributed by atoms with Gasteiger partial charge in [0.25, 0.3) is 0 Å². The second-order valence-electron chi connectivity index (χ2n) is 5.71. The molecule has 0 radical (unpaired) electrons. The van der Waals surface area contributed by atoms with E-state index in [0.29, 0.717) is 12.0 Å². The molecule has 18 heavy (non-hydrogen) atoms. The molecule has 1 aliphatic heterocycles. The van der Waals surface area contributed by atoms with Crippen molar-refractivity contribution in [2.75, 3.05) is 20.3 Å². The molecule has 2 nitrogen and oxygen atoms in total. The van der Waals surface area contributed by atoms with Crippen LogP contribution in [-0.2, 0) is 17.7 Å². The number of ether oxygens (including phenoxy) is 1. The average Bonchev–Trinajstić information content (AvgIpc) is 2.37. The molecular weight excluding hydrogens is 222 g/mol. The Kier molecular flexibility index (Phi) is 4.41. The van der Waals surface area contributed by atoms with Crippen LogP contribution >= 0.6 is 0 Å². The van der Waals surface area contributed by atoms with E-state index in [0.717, 1.165) is 19.7 Å². The SMILES string of the molecule is COCC(C)N1CCc2ccc(C(C)C)cc2C1. The van der Waals surface area contributed by atoms with Gasteiger partial charge in [0.1, 0.15) is 0 Å². The lowest BCUT2D eigenvalue weighted by Crippen LogP contribution is -2.39. The van der Waals surface area contributed by atoms with E-state index in [4.69, 9.17) is 4.74 Å². The van der Waals surface area contributed by atoms with E-state index in [1.165, 1.54) is 23.1 Å². The summed E-state index contributed by atoms with van der Waals surface area (Å²) < 4.78 is 5.27. The molecule has 2 heteroatoms. The number of nitrogens with zero attached hydrogens (tertiary/aromatic N) is 1.